The molecule has 0 amide bonds. The number of hydrogen-bond acceptors (Lipinski definition) is 5. The molecule has 98 valence electrons. The van der Waals surface area contributed by atoms with E-state index in [0.29, 0.717) is 17.3 Å². The quantitative estimate of drug-likeness (QED) is 0.605. The molecule has 18 heavy (non-hydrogen) atoms. The highest BCUT2D eigenvalue weighted by Gasteiger charge is 2.11. The Bertz CT molecular complexity index is 510. The SMILES string of the molecule is CN(CCCCCO)c1nc2c(N)cccc2o1. The van der Waals surface area contributed by atoms with Gasteiger partial charge < -0.3 is 20.2 Å². The number of benzene rings is 1. The summed E-state index contributed by atoms with van der Waals surface area (Å²) in [7, 11) is 1.94. The van der Waals surface area contributed by atoms with E-state index in [1.54, 1.807) is 0 Å². The Morgan fingerprint density at radius 3 is 2.89 bits per heavy atom. The van der Waals surface area contributed by atoms with Crippen molar-refractivity contribution in [3.8, 4) is 0 Å². The van der Waals surface area contributed by atoms with E-state index >= 15 is 0 Å². The number of anilines is 2. The largest absolute Gasteiger partial charge is 0.423 e. The number of nitrogens with zero attached hydrogens (tertiary/aromatic N) is 2. The van der Waals surface area contributed by atoms with E-state index in [9.17, 15) is 0 Å². The van der Waals surface area contributed by atoms with Crippen molar-refractivity contribution >= 4 is 22.8 Å². The van der Waals surface area contributed by atoms with Crippen molar-refractivity contribution in [1.82, 2.24) is 4.98 Å². The summed E-state index contributed by atoms with van der Waals surface area (Å²) in [6.07, 6.45) is 2.85. The minimum absolute atomic E-state index is 0.253. The fourth-order valence-electron chi connectivity index (χ4n) is 1.85. The summed E-state index contributed by atoms with van der Waals surface area (Å²) in [6.45, 7) is 1.11. The molecule has 1 aromatic carbocycles. The van der Waals surface area contributed by atoms with Crippen molar-refractivity contribution in [3.05, 3.63) is 18.2 Å². The summed E-state index contributed by atoms with van der Waals surface area (Å²) in [4.78, 5) is 6.37. The van der Waals surface area contributed by atoms with Gasteiger partial charge in [0.2, 0.25) is 0 Å². The summed E-state index contributed by atoms with van der Waals surface area (Å²) in [5.41, 5.74) is 7.91. The molecular formula is C13H19N3O2. The van der Waals surface area contributed by atoms with Gasteiger partial charge in [0, 0.05) is 20.2 Å². The predicted octanol–water partition coefficient (Wildman–Crippen LogP) is 2.01. The normalized spacial score (nSPS) is 11.0. The van der Waals surface area contributed by atoms with Crippen LogP contribution < -0.4 is 10.6 Å². The summed E-state index contributed by atoms with van der Waals surface area (Å²) in [5.74, 6) is 0. The van der Waals surface area contributed by atoms with Crippen LogP contribution in [0.2, 0.25) is 0 Å². The van der Waals surface area contributed by atoms with Crippen LogP contribution >= 0.6 is 0 Å². The van der Waals surface area contributed by atoms with Gasteiger partial charge in [-0.05, 0) is 31.4 Å². The van der Waals surface area contributed by atoms with Gasteiger partial charge in [-0.2, -0.15) is 4.98 Å². The zero-order valence-corrected chi connectivity index (χ0v) is 10.6. The van der Waals surface area contributed by atoms with E-state index in [2.05, 4.69) is 4.98 Å². The van der Waals surface area contributed by atoms with Crippen LogP contribution in [0.15, 0.2) is 22.6 Å². The van der Waals surface area contributed by atoms with Crippen molar-refractivity contribution in [2.75, 3.05) is 30.8 Å². The molecule has 0 spiro atoms. The lowest BCUT2D eigenvalue weighted by Gasteiger charge is -2.13. The fraction of sp³-hybridized carbons (Fsp3) is 0.462. The molecule has 0 atom stereocenters. The molecule has 3 N–H and O–H groups in total. The summed E-state index contributed by atoms with van der Waals surface area (Å²) < 4.78 is 5.65. The molecule has 2 rings (SSSR count). The van der Waals surface area contributed by atoms with Crippen molar-refractivity contribution < 1.29 is 9.52 Å². The third kappa shape index (κ3) is 2.73. The van der Waals surface area contributed by atoms with E-state index in [0.717, 1.165) is 31.3 Å². The number of aliphatic hydroxyl groups is 1. The van der Waals surface area contributed by atoms with Crippen LogP contribution in [0, 0.1) is 0 Å². The van der Waals surface area contributed by atoms with Crippen molar-refractivity contribution in [3.63, 3.8) is 0 Å². The topological polar surface area (TPSA) is 75.5 Å². The lowest BCUT2D eigenvalue weighted by atomic mass is 10.2. The van der Waals surface area contributed by atoms with Crippen LogP contribution in [0.5, 0.6) is 0 Å². The van der Waals surface area contributed by atoms with Gasteiger partial charge in [-0.25, -0.2) is 0 Å². The van der Waals surface area contributed by atoms with Crippen LogP contribution in [-0.2, 0) is 0 Å². The summed E-state index contributed by atoms with van der Waals surface area (Å²) in [6, 6.07) is 6.12. The Balaban J connectivity index is 2.04. The highest BCUT2D eigenvalue weighted by atomic mass is 16.4. The minimum Gasteiger partial charge on any atom is -0.423 e. The molecule has 1 aromatic heterocycles. The average Bonchev–Trinajstić information content (AvgIpc) is 2.80. The van der Waals surface area contributed by atoms with Gasteiger partial charge in [0.05, 0.1) is 5.69 Å². The molecule has 0 saturated carbocycles. The standard InChI is InChI=1S/C13H19N3O2/c1-16(8-3-2-4-9-17)13-15-12-10(14)6-5-7-11(12)18-13/h5-7,17H,2-4,8-9,14H2,1H3. The fourth-order valence-corrected chi connectivity index (χ4v) is 1.85. The monoisotopic (exact) mass is 249 g/mol. The van der Waals surface area contributed by atoms with E-state index in [1.165, 1.54) is 0 Å². The molecule has 0 aliphatic heterocycles. The van der Waals surface area contributed by atoms with Gasteiger partial charge >= 0.3 is 0 Å². The second-order valence-electron chi connectivity index (χ2n) is 4.40. The van der Waals surface area contributed by atoms with E-state index < -0.39 is 0 Å². The van der Waals surface area contributed by atoms with Crippen molar-refractivity contribution in [1.29, 1.82) is 0 Å². The van der Waals surface area contributed by atoms with Gasteiger partial charge in [-0.15, -0.1) is 0 Å². The number of aromatic nitrogens is 1. The highest BCUT2D eigenvalue weighted by molar-refractivity contribution is 5.86. The maximum atomic E-state index is 8.72. The summed E-state index contributed by atoms with van der Waals surface area (Å²) in [5, 5.41) is 8.72. The van der Waals surface area contributed by atoms with Gasteiger partial charge in [0.1, 0.15) is 5.52 Å². The van der Waals surface area contributed by atoms with Crippen LogP contribution in [0.4, 0.5) is 11.7 Å². The molecule has 0 aliphatic carbocycles. The molecule has 0 bridgehead atoms. The smallest absolute Gasteiger partial charge is 0.298 e. The second kappa shape index (κ2) is 5.73. The van der Waals surface area contributed by atoms with Crippen LogP contribution in [0.25, 0.3) is 11.1 Å². The van der Waals surface area contributed by atoms with Gasteiger partial charge in [0.15, 0.2) is 5.58 Å². The first-order valence-electron chi connectivity index (χ1n) is 6.19. The first kappa shape index (κ1) is 12.7. The Morgan fingerprint density at radius 1 is 1.33 bits per heavy atom. The molecule has 0 saturated heterocycles. The Morgan fingerprint density at radius 2 is 2.17 bits per heavy atom. The van der Waals surface area contributed by atoms with E-state index in [1.807, 2.05) is 30.1 Å². The van der Waals surface area contributed by atoms with Gasteiger partial charge in [-0.3, -0.25) is 0 Å². The number of oxazole rings is 1. The Kier molecular flexibility index (Phi) is 4.04. The lowest BCUT2D eigenvalue weighted by Crippen LogP contribution is -2.18. The summed E-state index contributed by atoms with van der Waals surface area (Å²) >= 11 is 0. The molecule has 5 heteroatoms. The first-order chi connectivity index (χ1) is 8.72. The number of fused-ring (bicyclic) bond motifs is 1. The molecule has 5 nitrogen and oxygen atoms in total. The molecule has 0 fully saturated rings. The molecule has 0 unspecified atom stereocenters. The lowest BCUT2D eigenvalue weighted by molar-refractivity contribution is 0.283. The molecule has 0 aliphatic rings. The predicted molar refractivity (Wildman–Crippen MR) is 72.6 cm³/mol. The van der Waals surface area contributed by atoms with Gasteiger partial charge in [-0.1, -0.05) is 6.07 Å². The van der Waals surface area contributed by atoms with Crippen LogP contribution in [0.1, 0.15) is 19.3 Å². The minimum atomic E-state index is 0.253. The molecular weight excluding hydrogens is 230 g/mol. The number of nitrogen functional groups attached to an aromatic ring is 1. The Hall–Kier alpha value is -1.75. The third-order valence-electron chi connectivity index (χ3n) is 2.92. The maximum absolute atomic E-state index is 8.72. The van der Waals surface area contributed by atoms with Crippen LogP contribution in [-0.4, -0.2) is 30.3 Å². The molecule has 1 heterocycles. The number of hydrogen-bond donors (Lipinski definition) is 2. The zero-order valence-electron chi connectivity index (χ0n) is 10.6. The first-order valence-corrected chi connectivity index (χ1v) is 6.19. The molecule has 2 aromatic rings. The van der Waals surface area contributed by atoms with Gasteiger partial charge in [0.25, 0.3) is 6.01 Å². The number of aliphatic hydroxyl groups excluding tert-OH is 1. The number of para-hydroxylation sites is 1. The van der Waals surface area contributed by atoms with Crippen molar-refractivity contribution in [2.24, 2.45) is 0 Å². The van der Waals surface area contributed by atoms with E-state index in [-0.39, 0.29) is 6.61 Å². The highest BCUT2D eigenvalue weighted by Crippen LogP contribution is 2.25. The number of rotatable bonds is 6. The van der Waals surface area contributed by atoms with E-state index in [4.69, 9.17) is 15.3 Å². The third-order valence-corrected chi connectivity index (χ3v) is 2.92. The van der Waals surface area contributed by atoms with Crippen LogP contribution in [0.3, 0.4) is 0 Å². The van der Waals surface area contributed by atoms with Crippen molar-refractivity contribution in [2.45, 2.75) is 19.3 Å². The average molecular weight is 249 g/mol. The Labute approximate surface area is 106 Å². The number of nitrogens with two attached hydrogens (primary N) is 1. The molecule has 0 radical (unpaired) electrons. The maximum Gasteiger partial charge on any atom is 0.298 e. The zero-order chi connectivity index (χ0) is 13.0. The number of unbranched alkanes of at least 4 members (excludes halogenated alkanes) is 2. The second-order valence-corrected chi connectivity index (χ2v) is 4.40.